The quantitative estimate of drug-likeness (QED) is 0.244. The van der Waals surface area contributed by atoms with Crippen molar-refractivity contribution in [2.45, 2.75) is 49.5 Å². The molecule has 47 heavy (non-hydrogen) atoms. The molecule has 1 N–H and O–H groups in total. The SMILES string of the molecule is C=CCN(C(=O)[C@H]1[C@H]2C(=O)N([C@H](CO)c3ccccc3)C(C(=O)N(CC=C)c3ccccc3Cl)C23CC[C@]1(CC)O3)c1ccccc1. The number of halogens is 1. The van der Waals surface area contributed by atoms with Crippen molar-refractivity contribution in [3.05, 3.63) is 121 Å². The van der Waals surface area contributed by atoms with Gasteiger partial charge < -0.3 is 24.5 Å². The lowest BCUT2D eigenvalue weighted by atomic mass is 9.64. The number of carbonyl (C=O) groups is 3. The number of nitrogens with zero attached hydrogens (tertiary/aromatic N) is 3. The Morgan fingerprint density at radius 1 is 0.957 bits per heavy atom. The maximum absolute atomic E-state index is 15.1. The molecule has 3 saturated heterocycles. The van der Waals surface area contributed by atoms with Crippen molar-refractivity contribution < 1.29 is 24.2 Å². The fourth-order valence-corrected chi connectivity index (χ4v) is 8.40. The number of benzene rings is 3. The molecule has 244 valence electrons. The molecule has 3 aliphatic heterocycles. The minimum Gasteiger partial charge on any atom is -0.394 e. The first-order valence-electron chi connectivity index (χ1n) is 16.1. The van der Waals surface area contributed by atoms with Gasteiger partial charge in [0.05, 0.1) is 40.8 Å². The van der Waals surface area contributed by atoms with E-state index in [1.165, 1.54) is 9.80 Å². The van der Waals surface area contributed by atoms with Gasteiger partial charge in [0, 0.05) is 18.8 Å². The highest BCUT2D eigenvalue weighted by Gasteiger charge is 2.79. The molecular formula is C38H40ClN3O5. The lowest BCUT2D eigenvalue weighted by Gasteiger charge is -2.40. The van der Waals surface area contributed by atoms with Crippen molar-refractivity contribution in [3.8, 4) is 0 Å². The van der Waals surface area contributed by atoms with Crippen LogP contribution in [-0.2, 0) is 19.1 Å². The van der Waals surface area contributed by atoms with Crippen molar-refractivity contribution in [1.29, 1.82) is 0 Å². The fourth-order valence-electron chi connectivity index (χ4n) is 8.16. The van der Waals surface area contributed by atoms with Crippen LogP contribution >= 0.6 is 11.6 Å². The van der Waals surface area contributed by atoms with Crippen molar-refractivity contribution in [1.82, 2.24) is 4.90 Å². The highest BCUT2D eigenvalue weighted by atomic mass is 35.5. The average Bonchev–Trinajstić information content (AvgIpc) is 3.71. The molecule has 0 aliphatic carbocycles. The normalized spacial score (nSPS) is 26.5. The number of likely N-dealkylation sites (tertiary alicyclic amines) is 1. The molecule has 8 nitrogen and oxygen atoms in total. The smallest absolute Gasteiger partial charge is 0.253 e. The first-order chi connectivity index (χ1) is 22.8. The van der Waals surface area contributed by atoms with Crippen molar-refractivity contribution >= 4 is 40.7 Å². The topological polar surface area (TPSA) is 90.4 Å². The third-order valence-electron chi connectivity index (χ3n) is 10.2. The van der Waals surface area contributed by atoms with Gasteiger partial charge in [-0.1, -0.05) is 91.3 Å². The van der Waals surface area contributed by atoms with Crippen molar-refractivity contribution in [3.63, 3.8) is 0 Å². The van der Waals surface area contributed by atoms with E-state index >= 15 is 9.59 Å². The summed E-state index contributed by atoms with van der Waals surface area (Å²) in [5.74, 6) is -2.86. The Labute approximate surface area is 280 Å². The number of hydrogen-bond acceptors (Lipinski definition) is 5. The van der Waals surface area contributed by atoms with Crippen LogP contribution in [0.4, 0.5) is 11.4 Å². The number of carbonyl (C=O) groups excluding carboxylic acids is 3. The number of rotatable bonds is 12. The van der Waals surface area contributed by atoms with E-state index in [0.29, 0.717) is 41.2 Å². The molecule has 3 aromatic carbocycles. The molecule has 6 rings (SSSR count). The van der Waals surface area contributed by atoms with Gasteiger partial charge in [-0.25, -0.2) is 0 Å². The Bertz CT molecular complexity index is 1670. The van der Waals surface area contributed by atoms with Crippen LogP contribution in [0.5, 0.6) is 0 Å². The molecule has 3 aromatic rings. The Hall–Kier alpha value is -4.24. The Balaban J connectivity index is 1.53. The van der Waals surface area contributed by atoms with Crippen LogP contribution in [0.3, 0.4) is 0 Å². The monoisotopic (exact) mass is 653 g/mol. The summed E-state index contributed by atoms with van der Waals surface area (Å²) in [6, 6.07) is 23.5. The van der Waals surface area contributed by atoms with E-state index in [4.69, 9.17) is 16.3 Å². The number of ether oxygens (including phenoxy) is 1. The molecule has 0 aromatic heterocycles. The van der Waals surface area contributed by atoms with E-state index < -0.39 is 47.6 Å². The summed E-state index contributed by atoms with van der Waals surface area (Å²) in [5.41, 5.74) is -0.442. The molecule has 2 unspecified atom stereocenters. The minimum absolute atomic E-state index is 0.124. The summed E-state index contributed by atoms with van der Waals surface area (Å²) in [5, 5.41) is 11.3. The minimum atomic E-state index is -1.32. The average molecular weight is 654 g/mol. The van der Waals surface area contributed by atoms with Gasteiger partial charge in [-0.2, -0.15) is 0 Å². The lowest BCUT2D eigenvalue weighted by molar-refractivity contribution is -0.149. The van der Waals surface area contributed by atoms with Gasteiger partial charge in [0.15, 0.2) is 0 Å². The van der Waals surface area contributed by atoms with Gasteiger partial charge in [-0.3, -0.25) is 14.4 Å². The molecule has 3 amide bonds. The van der Waals surface area contributed by atoms with Crippen LogP contribution in [0.1, 0.15) is 37.8 Å². The Morgan fingerprint density at radius 3 is 2.19 bits per heavy atom. The lowest BCUT2D eigenvalue weighted by Crippen LogP contribution is -2.57. The zero-order chi connectivity index (χ0) is 33.3. The zero-order valence-electron chi connectivity index (χ0n) is 26.5. The molecule has 3 aliphatic rings. The summed E-state index contributed by atoms with van der Waals surface area (Å²) in [6.45, 7) is 9.68. The second-order valence-corrected chi connectivity index (χ2v) is 12.9. The first kappa shape index (κ1) is 32.7. The number of para-hydroxylation sites is 2. The summed E-state index contributed by atoms with van der Waals surface area (Å²) in [6.07, 6.45) is 4.66. The molecule has 9 heteroatoms. The first-order valence-corrected chi connectivity index (χ1v) is 16.5. The second-order valence-electron chi connectivity index (χ2n) is 12.4. The van der Waals surface area contributed by atoms with Gasteiger partial charge in [0.25, 0.3) is 5.91 Å². The molecule has 3 fully saturated rings. The predicted octanol–water partition coefficient (Wildman–Crippen LogP) is 5.97. The summed E-state index contributed by atoms with van der Waals surface area (Å²) in [4.78, 5) is 49.6. The number of aliphatic hydroxyl groups is 1. The van der Waals surface area contributed by atoms with Crippen LogP contribution in [0, 0.1) is 11.8 Å². The largest absolute Gasteiger partial charge is 0.394 e. The Kier molecular flexibility index (Phi) is 9.12. The molecule has 2 bridgehead atoms. The molecular weight excluding hydrogens is 614 g/mol. The maximum Gasteiger partial charge on any atom is 0.253 e. The van der Waals surface area contributed by atoms with Crippen molar-refractivity contribution in [2.24, 2.45) is 11.8 Å². The molecule has 1 spiro atoms. The molecule has 3 heterocycles. The fraction of sp³-hybridized carbons (Fsp3) is 0.342. The van der Waals surface area contributed by atoms with E-state index in [1.807, 2.05) is 67.6 Å². The van der Waals surface area contributed by atoms with E-state index in [-0.39, 0.29) is 24.9 Å². The van der Waals surface area contributed by atoms with Crippen LogP contribution < -0.4 is 9.80 Å². The summed E-state index contributed by atoms with van der Waals surface area (Å²) in [7, 11) is 0. The zero-order valence-corrected chi connectivity index (χ0v) is 27.3. The number of hydrogen-bond donors (Lipinski definition) is 1. The van der Waals surface area contributed by atoms with E-state index in [1.54, 1.807) is 41.3 Å². The van der Waals surface area contributed by atoms with Crippen LogP contribution in [0.2, 0.25) is 5.02 Å². The number of amides is 3. The molecule has 0 saturated carbocycles. The number of anilines is 2. The van der Waals surface area contributed by atoms with Gasteiger partial charge in [0.1, 0.15) is 11.6 Å². The van der Waals surface area contributed by atoms with Gasteiger partial charge in [-0.15, -0.1) is 13.2 Å². The maximum atomic E-state index is 15.1. The highest BCUT2D eigenvalue weighted by molar-refractivity contribution is 6.34. The van der Waals surface area contributed by atoms with Gasteiger partial charge in [-0.05, 0) is 49.1 Å². The Morgan fingerprint density at radius 2 is 1.57 bits per heavy atom. The van der Waals surface area contributed by atoms with Crippen LogP contribution in [0.15, 0.2) is 110 Å². The number of aliphatic hydroxyl groups excluding tert-OH is 1. The summed E-state index contributed by atoms with van der Waals surface area (Å²) < 4.78 is 7.05. The van der Waals surface area contributed by atoms with Crippen LogP contribution in [0.25, 0.3) is 0 Å². The third-order valence-corrected chi connectivity index (χ3v) is 10.5. The highest BCUT2D eigenvalue weighted by Crippen LogP contribution is 2.65. The second kappa shape index (κ2) is 13.1. The van der Waals surface area contributed by atoms with Gasteiger partial charge in [0.2, 0.25) is 11.8 Å². The van der Waals surface area contributed by atoms with Crippen molar-refractivity contribution in [2.75, 3.05) is 29.5 Å². The van der Waals surface area contributed by atoms with E-state index in [0.717, 1.165) is 0 Å². The predicted molar refractivity (Wildman–Crippen MR) is 183 cm³/mol. The summed E-state index contributed by atoms with van der Waals surface area (Å²) >= 11 is 6.64. The standard InChI is InChI=1S/C38H40ClN3O5/c1-4-23-40(27-17-11-8-12-18-27)34(44)31-32-35(45)42(30(25-43)26-15-9-7-10-16-26)33(38(32)22-21-37(31,6-3)47-38)36(46)41(24-5-2)29-20-14-13-19-28(29)39/h4-5,7-20,30-33,43H,1-2,6,21-25H2,3H3/t30-,31-,32+,33?,37+,38?/m1/s1. The van der Waals surface area contributed by atoms with Crippen LogP contribution in [-0.4, -0.2) is 64.7 Å². The number of fused-ring (bicyclic) bond motifs is 1. The van der Waals surface area contributed by atoms with E-state index in [9.17, 15) is 9.90 Å². The van der Waals surface area contributed by atoms with Gasteiger partial charge >= 0.3 is 0 Å². The molecule has 0 radical (unpaired) electrons. The molecule has 6 atom stereocenters. The third kappa shape index (κ3) is 5.19. The van der Waals surface area contributed by atoms with E-state index in [2.05, 4.69) is 13.2 Å².